The first-order valence-corrected chi connectivity index (χ1v) is 6.80. The van der Waals surface area contributed by atoms with Gasteiger partial charge >= 0.3 is 0 Å². The largest absolute Gasteiger partial charge is 0.330 e. The minimum Gasteiger partial charge on any atom is -0.330 e. The number of aryl methyl sites for hydroxylation is 2. The Balaban J connectivity index is 1.97. The van der Waals surface area contributed by atoms with Gasteiger partial charge in [-0.1, -0.05) is 18.2 Å². The molecule has 0 saturated heterocycles. The highest BCUT2D eigenvalue weighted by molar-refractivity contribution is 5.61. The van der Waals surface area contributed by atoms with Gasteiger partial charge in [-0.3, -0.25) is 0 Å². The van der Waals surface area contributed by atoms with E-state index in [4.69, 9.17) is 0 Å². The average molecular weight is 279 g/mol. The Morgan fingerprint density at radius 1 is 1.00 bits per heavy atom. The molecular formula is C16H17N5. The van der Waals surface area contributed by atoms with Gasteiger partial charge in [-0.15, -0.1) is 0 Å². The third-order valence-corrected chi connectivity index (χ3v) is 3.42. The number of rotatable bonds is 3. The SMILES string of the molecule is Cc1nc(C)n(C)c1-c1ccnc(Nc2ccccc2)n1. The third-order valence-electron chi connectivity index (χ3n) is 3.42. The fraction of sp³-hybridized carbons (Fsp3) is 0.188. The molecule has 0 fully saturated rings. The van der Waals surface area contributed by atoms with Gasteiger partial charge in [0, 0.05) is 18.9 Å². The van der Waals surface area contributed by atoms with E-state index in [-0.39, 0.29) is 0 Å². The molecule has 106 valence electrons. The van der Waals surface area contributed by atoms with Crippen molar-refractivity contribution in [2.45, 2.75) is 13.8 Å². The summed E-state index contributed by atoms with van der Waals surface area (Å²) < 4.78 is 2.05. The van der Waals surface area contributed by atoms with Gasteiger partial charge in [-0.2, -0.15) is 0 Å². The monoisotopic (exact) mass is 279 g/mol. The van der Waals surface area contributed by atoms with Gasteiger partial charge in [0.25, 0.3) is 0 Å². The number of para-hydroxylation sites is 1. The van der Waals surface area contributed by atoms with Crippen LogP contribution in [0.2, 0.25) is 0 Å². The summed E-state index contributed by atoms with van der Waals surface area (Å²) in [4.78, 5) is 13.3. The Labute approximate surface area is 123 Å². The summed E-state index contributed by atoms with van der Waals surface area (Å²) in [6, 6.07) is 11.8. The summed E-state index contributed by atoms with van der Waals surface area (Å²) in [5.41, 5.74) is 3.82. The fourth-order valence-corrected chi connectivity index (χ4v) is 2.33. The summed E-state index contributed by atoms with van der Waals surface area (Å²) in [5, 5.41) is 3.21. The molecule has 0 atom stereocenters. The van der Waals surface area contributed by atoms with Crippen LogP contribution in [0.5, 0.6) is 0 Å². The highest BCUT2D eigenvalue weighted by Crippen LogP contribution is 2.23. The molecular weight excluding hydrogens is 262 g/mol. The fourth-order valence-electron chi connectivity index (χ4n) is 2.33. The normalized spacial score (nSPS) is 10.6. The van der Waals surface area contributed by atoms with Crippen LogP contribution in [0.1, 0.15) is 11.5 Å². The Bertz CT molecular complexity index is 762. The number of benzene rings is 1. The van der Waals surface area contributed by atoms with Crippen molar-refractivity contribution in [3.63, 3.8) is 0 Å². The molecule has 0 unspecified atom stereocenters. The van der Waals surface area contributed by atoms with Crippen molar-refractivity contribution in [1.29, 1.82) is 0 Å². The van der Waals surface area contributed by atoms with Crippen molar-refractivity contribution in [3.05, 3.63) is 54.1 Å². The molecule has 2 heterocycles. The molecule has 5 nitrogen and oxygen atoms in total. The molecule has 0 aliphatic rings. The summed E-state index contributed by atoms with van der Waals surface area (Å²) in [7, 11) is 2.00. The number of anilines is 2. The van der Waals surface area contributed by atoms with Crippen LogP contribution in [0.15, 0.2) is 42.6 Å². The first kappa shape index (κ1) is 13.3. The van der Waals surface area contributed by atoms with Crippen molar-refractivity contribution in [2.75, 3.05) is 5.32 Å². The lowest BCUT2D eigenvalue weighted by molar-refractivity contribution is 0.861. The number of hydrogen-bond donors (Lipinski definition) is 1. The first-order chi connectivity index (χ1) is 10.1. The summed E-state index contributed by atoms with van der Waals surface area (Å²) in [5.74, 6) is 1.55. The molecule has 0 saturated carbocycles. The van der Waals surface area contributed by atoms with E-state index in [9.17, 15) is 0 Å². The minimum atomic E-state index is 0.581. The van der Waals surface area contributed by atoms with Crippen LogP contribution in [0.4, 0.5) is 11.6 Å². The first-order valence-electron chi connectivity index (χ1n) is 6.80. The van der Waals surface area contributed by atoms with Crippen molar-refractivity contribution in [1.82, 2.24) is 19.5 Å². The Kier molecular flexibility index (Phi) is 3.39. The Morgan fingerprint density at radius 3 is 2.43 bits per heavy atom. The zero-order chi connectivity index (χ0) is 14.8. The number of nitrogens with one attached hydrogen (secondary N) is 1. The van der Waals surface area contributed by atoms with Crippen molar-refractivity contribution in [3.8, 4) is 11.4 Å². The van der Waals surface area contributed by atoms with E-state index in [2.05, 4.69) is 20.3 Å². The minimum absolute atomic E-state index is 0.581. The molecule has 0 amide bonds. The summed E-state index contributed by atoms with van der Waals surface area (Å²) in [6.45, 7) is 3.98. The van der Waals surface area contributed by atoms with Crippen molar-refractivity contribution >= 4 is 11.6 Å². The molecule has 0 spiro atoms. The quantitative estimate of drug-likeness (QED) is 0.799. The van der Waals surface area contributed by atoms with Crippen LogP contribution in [-0.2, 0) is 7.05 Å². The zero-order valence-electron chi connectivity index (χ0n) is 12.3. The second kappa shape index (κ2) is 5.36. The van der Waals surface area contributed by atoms with Gasteiger partial charge in [0.1, 0.15) is 5.82 Å². The average Bonchev–Trinajstić information content (AvgIpc) is 2.73. The molecule has 0 aliphatic heterocycles. The van der Waals surface area contributed by atoms with Crippen molar-refractivity contribution < 1.29 is 0 Å². The van der Waals surface area contributed by atoms with E-state index < -0.39 is 0 Å². The smallest absolute Gasteiger partial charge is 0.227 e. The van der Waals surface area contributed by atoms with Crippen LogP contribution in [-0.4, -0.2) is 19.5 Å². The summed E-state index contributed by atoms with van der Waals surface area (Å²) in [6.07, 6.45) is 1.76. The highest BCUT2D eigenvalue weighted by atomic mass is 15.1. The van der Waals surface area contributed by atoms with Gasteiger partial charge in [0.05, 0.1) is 17.1 Å². The third kappa shape index (κ3) is 2.63. The molecule has 0 bridgehead atoms. The lowest BCUT2D eigenvalue weighted by Crippen LogP contribution is -2.01. The number of nitrogens with zero attached hydrogens (tertiary/aromatic N) is 4. The van der Waals surface area contributed by atoms with Crippen LogP contribution in [0.25, 0.3) is 11.4 Å². The predicted molar refractivity (Wildman–Crippen MR) is 83.4 cm³/mol. The zero-order valence-corrected chi connectivity index (χ0v) is 12.3. The molecule has 2 aromatic heterocycles. The molecule has 0 radical (unpaired) electrons. The Morgan fingerprint density at radius 2 is 1.76 bits per heavy atom. The van der Waals surface area contributed by atoms with E-state index in [1.165, 1.54) is 0 Å². The molecule has 3 aromatic rings. The topological polar surface area (TPSA) is 55.6 Å². The van der Waals surface area contributed by atoms with E-state index in [1.807, 2.05) is 61.9 Å². The van der Waals surface area contributed by atoms with Gasteiger partial charge in [0.15, 0.2) is 0 Å². The van der Waals surface area contributed by atoms with E-state index in [1.54, 1.807) is 6.20 Å². The van der Waals surface area contributed by atoms with E-state index in [0.717, 1.165) is 28.6 Å². The van der Waals surface area contributed by atoms with Gasteiger partial charge in [-0.05, 0) is 32.0 Å². The van der Waals surface area contributed by atoms with Crippen LogP contribution >= 0.6 is 0 Å². The number of imidazole rings is 1. The Hall–Kier alpha value is -2.69. The molecule has 21 heavy (non-hydrogen) atoms. The second-order valence-electron chi connectivity index (χ2n) is 4.91. The lowest BCUT2D eigenvalue weighted by Gasteiger charge is -2.08. The maximum absolute atomic E-state index is 4.59. The van der Waals surface area contributed by atoms with Crippen molar-refractivity contribution in [2.24, 2.45) is 7.05 Å². The van der Waals surface area contributed by atoms with E-state index in [0.29, 0.717) is 5.95 Å². The van der Waals surface area contributed by atoms with Gasteiger partial charge in [-0.25, -0.2) is 15.0 Å². The molecule has 5 heteroatoms. The maximum atomic E-state index is 4.59. The predicted octanol–water partition coefficient (Wildman–Crippen LogP) is 3.24. The number of aromatic nitrogens is 4. The molecule has 3 rings (SSSR count). The van der Waals surface area contributed by atoms with Crippen LogP contribution in [0, 0.1) is 13.8 Å². The molecule has 1 N–H and O–H groups in total. The molecule has 1 aromatic carbocycles. The van der Waals surface area contributed by atoms with Crippen LogP contribution < -0.4 is 5.32 Å². The lowest BCUT2D eigenvalue weighted by atomic mass is 10.2. The van der Waals surface area contributed by atoms with Crippen LogP contribution in [0.3, 0.4) is 0 Å². The second-order valence-corrected chi connectivity index (χ2v) is 4.91. The molecule has 0 aliphatic carbocycles. The van der Waals surface area contributed by atoms with Gasteiger partial charge < -0.3 is 9.88 Å². The van der Waals surface area contributed by atoms with E-state index >= 15 is 0 Å². The standard InChI is InChI=1S/C16H17N5/c1-11-15(21(3)12(2)18-11)14-9-10-17-16(20-14)19-13-7-5-4-6-8-13/h4-10H,1-3H3,(H,17,19,20). The maximum Gasteiger partial charge on any atom is 0.227 e. The highest BCUT2D eigenvalue weighted by Gasteiger charge is 2.12. The number of hydrogen-bond acceptors (Lipinski definition) is 4. The van der Waals surface area contributed by atoms with Gasteiger partial charge in [0.2, 0.25) is 5.95 Å². The summed E-state index contributed by atoms with van der Waals surface area (Å²) >= 11 is 0.